The van der Waals surface area contributed by atoms with E-state index in [4.69, 9.17) is 23.2 Å². The quantitative estimate of drug-likeness (QED) is 0.647. The second-order valence-corrected chi connectivity index (χ2v) is 5.67. The van der Waals surface area contributed by atoms with Crippen LogP contribution in [0.5, 0.6) is 0 Å². The number of halogens is 3. The predicted molar refractivity (Wildman–Crippen MR) is 78.6 cm³/mol. The Hall–Kier alpha value is -0.0600. The minimum absolute atomic E-state index is 0.665. The summed E-state index contributed by atoms with van der Waals surface area (Å²) in [6, 6.07) is 3.92. The van der Waals surface area contributed by atoms with Crippen molar-refractivity contribution in [3.63, 3.8) is 0 Å². The predicted octanol–water partition coefficient (Wildman–Crippen LogP) is 5.02. The fourth-order valence-corrected chi connectivity index (χ4v) is 3.06. The van der Waals surface area contributed by atoms with Gasteiger partial charge in [-0.25, -0.2) is 0 Å². The van der Waals surface area contributed by atoms with Gasteiger partial charge in [-0.3, -0.25) is 4.98 Å². The number of fused-ring (bicyclic) bond motifs is 1. The molecule has 0 aliphatic carbocycles. The SMILES string of the molecule is CCc1nc2c(Cl)cc(I)cc2c(Cl)c1C. The van der Waals surface area contributed by atoms with Crippen molar-refractivity contribution in [3.05, 3.63) is 37.0 Å². The largest absolute Gasteiger partial charge is 0.251 e. The molecule has 1 aromatic carbocycles. The van der Waals surface area contributed by atoms with Gasteiger partial charge in [0.25, 0.3) is 0 Å². The molecule has 0 N–H and O–H groups in total. The van der Waals surface area contributed by atoms with Crippen LogP contribution < -0.4 is 0 Å². The molecule has 2 rings (SSSR count). The molecule has 0 unspecified atom stereocenters. The third-order valence-corrected chi connectivity index (χ3v) is 4.01. The Morgan fingerprint density at radius 1 is 1.31 bits per heavy atom. The third-order valence-electron chi connectivity index (χ3n) is 2.61. The smallest absolute Gasteiger partial charge is 0.0907 e. The molecule has 0 bridgehead atoms. The van der Waals surface area contributed by atoms with Gasteiger partial charge in [0.2, 0.25) is 0 Å². The molecule has 0 saturated carbocycles. The molecular formula is C12H10Cl2IN. The summed E-state index contributed by atoms with van der Waals surface area (Å²) in [5, 5.41) is 2.37. The van der Waals surface area contributed by atoms with E-state index in [9.17, 15) is 0 Å². The molecule has 2 aromatic rings. The van der Waals surface area contributed by atoms with Gasteiger partial charge >= 0.3 is 0 Å². The minimum atomic E-state index is 0.665. The van der Waals surface area contributed by atoms with Crippen LogP contribution in [0.1, 0.15) is 18.2 Å². The molecule has 0 fully saturated rings. The van der Waals surface area contributed by atoms with Crippen molar-refractivity contribution in [3.8, 4) is 0 Å². The van der Waals surface area contributed by atoms with Crippen LogP contribution in [0.4, 0.5) is 0 Å². The second-order valence-electron chi connectivity index (χ2n) is 3.63. The van der Waals surface area contributed by atoms with Gasteiger partial charge in [0.05, 0.1) is 15.6 Å². The maximum Gasteiger partial charge on any atom is 0.0907 e. The molecule has 1 nitrogen and oxygen atoms in total. The summed E-state index contributed by atoms with van der Waals surface area (Å²) in [7, 11) is 0. The van der Waals surface area contributed by atoms with Gasteiger partial charge in [-0.2, -0.15) is 0 Å². The Kier molecular flexibility index (Phi) is 3.62. The maximum absolute atomic E-state index is 6.35. The van der Waals surface area contributed by atoms with Crippen molar-refractivity contribution >= 4 is 56.7 Å². The zero-order chi connectivity index (χ0) is 11.9. The molecule has 1 heterocycles. The number of nitrogens with zero attached hydrogens (tertiary/aromatic N) is 1. The Bertz CT molecular complexity index is 567. The van der Waals surface area contributed by atoms with Crippen LogP contribution in [0.3, 0.4) is 0 Å². The lowest BCUT2D eigenvalue weighted by molar-refractivity contribution is 1.03. The molecule has 0 atom stereocenters. The van der Waals surface area contributed by atoms with Crippen molar-refractivity contribution < 1.29 is 0 Å². The zero-order valence-electron chi connectivity index (χ0n) is 8.94. The van der Waals surface area contributed by atoms with E-state index < -0.39 is 0 Å². The Labute approximate surface area is 118 Å². The molecule has 0 aliphatic rings. The van der Waals surface area contributed by atoms with E-state index in [1.807, 2.05) is 19.1 Å². The fourth-order valence-electron chi connectivity index (χ4n) is 1.74. The van der Waals surface area contributed by atoms with Gasteiger partial charge in [0.15, 0.2) is 0 Å². The monoisotopic (exact) mass is 365 g/mol. The Morgan fingerprint density at radius 2 is 2.00 bits per heavy atom. The van der Waals surface area contributed by atoms with E-state index in [0.29, 0.717) is 5.02 Å². The highest BCUT2D eigenvalue weighted by molar-refractivity contribution is 14.1. The van der Waals surface area contributed by atoms with E-state index in [1.165, 1.54) is 0 Å². The minimum Gasteiger partial charge on any atom is -0.251 e. The number of rotatable bonds is 1. The van der Waals surface area contributed by atoms with Crippen LogP contribution in [-0.4, -0.2) is 4.98 Å². The number of benzene rings is 1. The lowest BCUT2D eigenvalue weighted by Gasteiger charge is -2.10. The first kappa shape index (κ1) is 12.4. The lowest BCUT2D eigenvalue weighted by atomic mass is 10.1. The van der Waals surface area contributed by atoms with Gasteiger partial charge in [-0.1, -0.05) is 30.1 Å². The van der Waals surface area contributed by atoms with Crippen LogP contribution >= 0.6 is 45.8 Å². The van der Waals surface area contributed by atoms with Crippen LogP contribution in [0, 0.1) is 10.5 Å². The molecule has 1 aromatic heterocycles. The molecule has 0 spiro atoms. The summed E-state index contributed by atoms with van der Waals surface area (Å²) in [5.41, 5.74) is 2.87. The average molecular weight is 366 g/mol. The first-order valence-corrected chi connectivity index (χ1v) is 6.81. The number of pyridine rings is 1. The zero-order valence-corrected chi connectivity index (χ0v) is 12.6. The van der Waals surface area contributed by atoms with E-state index in [2.05, 4.69) is 34.5 Å². The molecular weight excluding hydrogens is 356 g/mol. The molecule has 4 heteroatoms. The van der Waals surface area contributed by atoms with Gasteiger partial charge in [-0.15, -0.1) is 0 Å². The Balaban J connectivity index is 2.92. The molecule has 16 heavy (non-hydrogen) atoms. The summed E-state index contributed by atoms with van der Waals surface area (Å²) in [4.78, 5) is 4.57. The highest BCUT2D eigenvalue weighted by Gasteiger charge is 2.12. The van der Waals surface area contributed by atoms with Crippen molar-refractivity contribution in [1.82, 2.24) is 4.98 Å². The molecule has 0 saturated heterocycles. The summed E-state index contributed by atoms with van der Waals surface area (Å²) in [5.74, 6) is 0. The summed E-state index contributed by atoms with van der Waals surface area (Å²) in [6.07, 6.45) is 0.865. The van der Waals surface area contributed by atoms with Gasteiger partial charge in [0.1, 0.15) is 0 Å². The number of hydrogen-bond acceptors (Lipinski definition) is 1. The highest BCUT2D eigenvalue weighted by Crippen LogP contribution is 2.33. The van der Waals surface area contributed by atoms with E-state index in [-0.39, 0.29) is 0 Å². The topological polar surface area (TPSA) is 12.9 Å². The first-order chi connectivity index (χ1) is 7.54. The highest BCUT2D eigenvalue weighted by atomic mass is 127. The van der Waals surface area contributed by atoms with E-state index in [0.717, 1.165) is 37.2 Å². The van der Waals surface area contributed by atoms with Crippen LogP contribution in [-0.2, 0) is 6.42 Å². The maximum atomic E-state index is 6.35. The summed E-state index contributed by atoms with van der Waals surface area (Å²) >= 11 is 14.8. The average Bonchev–Trinajstić information content (AvgIpc) is 2.24. The molecule has 0 aliphatic heterocycles. The van der Waals surface area contributed by atoms with E-state index >= 15 is 0 Å². The van der Waals surface area contributed by atoms with Crippen molar-refractivity contribution in [2.45, 2.75) is 20.3 Å². The van der Waals surface area contributed by atoms with Crippen LogP contribution in [0.2, 0.25) is 10.0 Å². The second kappa shape index (κ2) is 4.67. The van der Waals surface area contributed by atoms with E-state index in [1.54, 1.807) is 0 Å². The van der Waals surface area contributed by atoms with Crippen molar-refractivity contribution in [2.75, 3.05) is 0 Å². The third kappa shape index (κ3) is 2.03. The fraction of sp³-hybridized carbons (Fsp3) is 0.250. The first-order valence-electron chi connectivity index (χ1n) is 4.98. The number of hydrogen-bond donors (Lipinski definition) is 0. The number of aryl methyl sites for hydroxylation is 1. The van der Waals surface area contributed by atoms with Crippen LogP contribution in [0.15, 0.2) is 12.1 Å². The normalized spacial score (nSPS) is 11.1. The summed E-state index contributed by atoms with van der Waals surface area (Å²) < 4.78 is 1.07. The Morgan fingerprint density at radius 3 is 2.62 bits per heavy atom. The van der Waals surface area contributed by atoms with Crippen molar-refractivity contribution in [2.24, 2.45) is 0 Å². The number of aromatic nitrogens is 1. The molecule has 0 amide bonds. The molecule has 0 radical (unpaired) electrons. The van der Waals surface area contributed by atoms with Gasteiger partial charge < -0.3 is 0 Å². The standard InChI is InChI=1S/C12H10Cl2IN/c1-3-10-6(2)11(14)8-4-7(15)5-9(13)12(8)16-10/h4-5H,3H2,1-2H3. The van der Waals surface area contributed by atoms with Crippen LogP contribution in [0.25, 0.3) is 10.9 Å². The summed E-state index contributed by atoms with van der Waals surface area (Å²) in [6.45, 7) is 4.07. The van der Waals surface area contributed by atoms with Gasteiger partial charge in [0, 0.05) is 14.7 Å². The van der Waals surface area contributed by atoms with Gasteiger partial charge in [-0.05, 0) is 53.6 Å². The van der Waals surface area contributed by atoms with Crippen molar-refractivity contribution in [1.29, 1.82) is 0 Å². The molecule has 84 valence electrons. The lowest BCUT2D eigenvalue weighted by Crippen LogP contribution is -1.95.